The van der Waals surface area contributed by atoms with Gasteiger partial charge in [-0.05, 0) is 29.8 Å². The molecule has 25 heavy (non-hydrogen) atoms. The van der Waals surface area contributed by atoms with E-state index in [0.29, 0.717) is 16.8 Å². The Labute approximate surface area is 141 Å². The summed E-state index contributed by atoms with van der Waals surface area (Å²) < 4.78 is 40.1. The lowest BCUT2D eigenvalue weighted by Crippen LogP contribution is -2.22. The second kappa shape index (κ2) is 7.69. The van der Waals surface area contributed by atoms with Crippen LogP contribution in [-0.2, 0) is 11.2 Å². The molecule has 2 aromatic rings. The summed E-state index contributed by atoms with van der Waals surface area (Å²) in [6.45, 7) is 0. The second-order valence-corrected chi connectivity index (χ2v) is 5.04. The molecule has 0 aromatic heterocycles. The molecule has 2 N–H and O–H groups in total. The average molecular weight is 352 g/mol. The Morgan fingerprint density at radius 3 is 2.28 bits per heavy atom. The molecule has 0 saturated heterocycles. The number of carbonyl (C=O) groups is 2. The quantitative estimate of drug-likeness (QED) is 0.869. The van der Waals surface area contributed by atoms with E-state index in [1.807, 2.05) is 0 Å². The molecular formula is C17H15F3N2O3. The molecule has 2 amide bonds. The van der Waals surface area contributed by atoms with Gasteiger partial charge in [-0.15, -0.1) is 13.2 Å². The molecule has 0 heterocycles. The number of nitrogens with one attached hydrogen (secondary N) is 2. The first-order valence-electron chi connectivity index (χ1n) is 7.24. The monoisotopic (exact) mass is 352 g/mol. The van der Waals surface area contributed by atoms with Crippen molar-refractivity contribution in [3.8, 4) is 5.75 Å². The Morgan fingerprint density at radius 2 is 1.68 bits per heavy atom. The number of para-hydroxylation sites is 1. The van der Waals surface area contributed by atoms with E-state index in [4.69, 9.17) is 0 Å². The highest BCUT2D eigenvalue weighted by Gasteiger charge is 2.30. The van der Waals surface area contributed by atoms with Gasteiger partial charge in [0.2, 0.25) is 5.91 Å². The van der Waals surface area contributed by atoms with Gasteiger partial charge in [-0.2, -0.15) is 0 Å². The van der Waals surface area contributed by atoms with Crippen LogP contribution in [0.15, 0.2) is 48.5 Å². The highest BCUT2D eigenvalue weighted by molar-refractivity contribution is 6.03. The van der Waals surface area contributed by atoms with E-state index in [2.05, 4.69) is 15.4 Å². The molecule has 0 unspecified atom stereocenters. The third-order valence-electron chi connectivity index (χ3n) is 3.19. The number of amides is 2. The van der Waals surface area contributed by atoms with Crippen LogP contribution in [0.1, 0.15) is 15.9 Å². The lowest BCUT2D eigenvalue weighted by molar-refractivity contribution is -0.274. The van der Waals surface area contributed by atoms with Crippen LogP contribution in [0.25, 0.3) is 0 Å². The van der Waals surface area contributed by atoms with Crippen LogP contribution in [0.2, 0.25) is 0 Å². The largest absolute Gasteiger partial charge is 0.573 e. The maximum absolute atomic E-state index is 12.1. The summed E-state index contributed by atoms with van der Waals surface area (Å²) in [4.78, 5) is 23.9. The number of hydrogen-bond acceptors (Lipinski definition) is 3. The van der Waals surface area contributed by atoms with Crippen molar-refractivity contribution in [3.05, 3.63) is 59.7 Å². The fourth-order valence-electron chi connectivity index (χ4n) is 2.11. The van der Waals surface area contributed by atoms with Crippen LogP contribution in [0.4, 0.5) is 18.9 Å². The average Bonchev–Trinajstić information content (AvgIpc) is 2.55. The van der Waals surface area contributed by atoms with Gasteiger partial charge in [0, 0.05) is 7.05 Å². The van der Waals surface area contributed by atoms with Crippen molar-refractivity contribution in [1.29, 1.82) is 0 Å². The topological polar surface area (TPSA) is 67.4 Å². The number of carbonyl (C=O) groups excluding carboxylic acids is 2. The maximum Gasteiger partial charge on any atom is 0.573 e. The molecule has 0 aliphatic carbocycles. The van der Waals surface area contributed by atoms with E-state index in [1.165, 1.54) is 19.2 Å². The van der Waals surface area contributed by atoms with Crippen LogP contribution < -0.4 is 15.4 Å². The summed E-state index contributed by atoms with van der Waals surface area (Å²) >= 11 is 0. The molecule has 0 saturated carbocycles. The van der Waals surface area contributed by atoms with Crippen LogP contribution >= 0.6 is 0 Å². The summed E-state index contributed by atoms with van der Waals surface area (Å²) in [6.07, 6.45) is -4.82. The number of alkyl halides is 3. The molecule has 0 fully saturated rings. The predicted molar refractivity (Wildman–Crippen MR) is 85.3 cm³/mol. The molecule has 2 rings (SSSR count). The molecule has 0 spiro atoms. The molecule has 132 valence electrons. The maximum atomic E-state index is 12.1. The molecule has 0 atom stereocenters. The number of halogens is 3. The molecule has 5 nitrogen and oxygen atoms in total. The van der Waals surface area contributed by atoms with Crippen molar-refractivity contribution in [2.24, 2.45) is 0 Å². The summed E-state index contributed by atoms with van der Waals surface area (Å²) in [6, 6.07) is 11.5. The first-order valence-corrected chi connectivity index (χ1v) is 7.24. The summed E-state index contributed by atoms with van der Waals surface area (Å²) in [5.41, 5.74) is 1.17. The molecule has 0 bridgehead atoms. The highest BCUT2D eigenvalue weighted by atomic mass is 19.4. The minimum atomic E-state index is -4.76. The van der Waals surface area contributed by atoms with E-state index in [1.54, 1.807) is 24.3 Å². The number of anilines is 1. The number of benzene rings is 2. The fourth-order valence-corrected chi connectivity index (χ4v) is 2.11. The van der Waals surface area contributed by atoms with Crippen LogP contribution in [0.5, 0.6) is 5.75 Å². The van der Waals surface area contributed by atoms with E-state index < -0.39 is 12.3 Å². The normalized spacial score (nSPS) is 10.9. The van der Waals surface area contributed by atoms with Crippen LogP contribution in [0.3, 0.4) is 0 Å². The molecule has 8 heteroatoms. The SMILES string of the molecule is CNC(=O)c1ccccc1NC(=O)Cc1ccc(OC(F)(F)F)cc1. The van der Waals surface area contributed by atoms with Gasteiger partial charge in [-0.1, -0.05) is 24.3 Å². The first-order chi connectivity index (χ1) is 11.8. The zero-order valence-corrected chi connectivity index (χ0v) is 13.2. The third-order valence-corrected chi connectivity index (χ3v) is 3.19. The molecular weight excluding hydrogens is 337 g/mol. The number of ether oxygens (including phenoxy) is 1. The highest BCUT2D eigenvalue weighted by Crippen LogP contribution is 2.23. The summed E-state index contributed by atoms with van der Waals surface area (Å²) in [5, 5.41) is 5.09. The van der Waals surface area contributed by atoms with Gasteiger partial charge in [0.1, 0.15) is 5.75 Å². The standard InChI is InChI=1S/C17H15F3N2O3/c1-21-16(24)13-4-2-3-5-14(13)22-15(23)10-11-6-8-12(9-7-11)25-17(18,19)20/h2-9H,10H2,1H3,(H,21,24)(H,22,23). The third kappa shape index (κ3) is 5.52. The second-order valence-electron chi connectivity index (χ2n) is 5.04. The van der Waals surface area contributed by atoms with Crippen molar-refractivity contribution < 1.29 is 27.5 Å². The van der Waals surface area contributed by atoms with Crippen molar-refractivity contribution >= 4 is 17.5 Å². The van der Waals surface area contributed by atoms with E-state index in [-0.39, 0.29) is 18.1 Å². The Morgan fingerprint density at radius 1 is 1.04 bits per heavy atom. The molecule has 0 radical (unpaired) electrons. The molecule has 0 aliphatic rings. The lowest BCUT2D eigenvalue weighted by Gasteiger charge is -2.11. The van der Waals surface area contributed by atoms with Gasteiger partial charge in [0.25, 0.3) is 5.91 Å². The van der Waals surface area contributed by atoms with E-state index in [9.17, 15) is 22.8 Å². The summed E-state index contributed by atoms with van der Waals surface area (Å²) in [5.74, 6) is -1.10. The lowest BCUT2D eigenvalue weighted by atomic mass is 10.1. The minimum absolute atomic E-state index is 0.0611. The number of rotatable bonds is 5. The Hall–Kier alpha value is -3.03. The van der Waals surface area contributed by atoms with Gasteiger partial charge in [0.15, 0.2) is 0 Å². The Bertz CT molecular complexity index is 758. The van der Waals surface area contributed by atoms with Crippen LogP contribution in [0, 0.1) is 0 Å². The Kier molecular flexibility index (Phi) is 5.63. The van der Waals surface area contributed by atoms with Gasteiger partial charge in [-0.25, -0.2) is 0 Å². The van der Waals surface area contributed by atoms with Crippen LogP contribution in [-0.4, -0.2) is 25.2 Å². The van der Waals surface area contributed by atoms with Crippen molar-refractivity contribution in [3.63, 3.8) is 0 Å². The minimum Gasteiger partial charge on any atom is -0.406 e. The fraction of sp³-hybridized carbons (Fsp3) is 0.176. The molecule has 2 aromatic carbocycles. The van der Waals surface area contributed by atoms with Gasteiger partial charge >= 0.3 is 6.36 Å². The summed E-state index contributed by atoms with van der Waals surface area (Å²) in [7, 11) is 1.48. The first kappa shape index (κ1) is 18.3. The number of hydrogen-bond donors (Lipinski definition) is 2. The van der Waals surface area contributed by atoms with Crippen molar-refractivity contribution in [2.45, 2.75) is 12.8 Å². The van der Waals surface area contributed by atoms with Gasteiger partial charge < -0.3 is 15.4 Å². The zero-order valence-electron chi connectivity index (χ0n) is 13.2. The molecule has 0 aliphatic heterocycles. The van der Waals surface area contributed by atoms with E-state index in [0.717, 1.165) is 12.1 Å². The van der Waals surface area contributed by atoms with E-state index >= 15 is 0 Å². The van der Waals surface area contributed by atoms with Gasteiger partial charge in [-0.3, -0.25) is 9.59 Å². The Balaban J connectivity index is 2.03. The smallest absolute Gasteiger partial charge is 0.406 e. The zero-order chi connectivity index (χ0) is 18.4. The van der Waals surface area contributed by atoms with Crippen molar-refractivity contribution in [1.82, 2.24) is 5.32 Å². The predicted octanol–water partition coefficient (Wildman–Crippen LogP) is 3.13. The van der Waals surface area contributed by atoms with Crippen molar-refractivity contribution in [2.75, 3.05) is 12.4 Å². The van der Waals surface area contributed by atoms with Gasteiger partial charge in [0.05, 0.1) is 17.7 Å².